The van der Waals surface area contributed by atoms with Gasteiger partial charge < -0.3 is 19.4 Å². The van der Waals surface area contributed by atoms with Crippen molar-refractivity contribution >= 4 is 22.3 Å². The number of nitrogens with zero attached hydrogens (tertiary/aromatic N) is 6. The highest BCUT2D eigenvalue weighted by molar-refractivity contribution is 5.75. The predicted molar refractivity (Wildman–Crippen MR) is 153 cm³/mol. The third kappa shape index (κ3) is 10.1. The Morgan fingerprint density at radius 2 is 0.744 bits per heavy atom. The molecule has 0 radical (unpaired) electrons. The van der Waals surface area contributed by atoms with E-state index in [0.29, 0.717) is 36.3 Å². The van der Waals surface area contributed by atoms with Gasteiger partial charge in [-0.25, -0.2) is 19.9 Å². The van der Waals surface area contributed by atoms with Crippen molar-refractivity contribution in [2.75, 3.05) is 13.2 Å². The Balaban J connectivity index is 0.847. The van der Waals surface area contributed by atoms with Crippen LogP contribution in [0.15, 0.2) is 25.3 Å². The fourth-order valence-corrected chi connectivity index (χ4v) is 4.90. The van der Waals surface area contributed by atoms with Crippen LogP contribution >= 0.6 is 0 Å². The van der Waals surface area contributed by atoms with E-state index in [1.54, 1.807) is 12.7 Å². The number of unbranched alkanes of at least 4 members (excludes halogenated alkanes) is 16. The van der Waals surface area contributed by atoms with Crippen LogP contribution in [0.25, 0.3) is 22.3 Å². The van der Waals surface area contributed by atoms with E-state index >= 15 is 0 Å². The van der Waals surface area contributed by atoms with Crippen LogP contribution in [0.5, 0.6) is 11.8 Å². The Kier molecular flexibility index (Phi) is 12.7. The zero-order chi connectivity index (χ0) is 26.8. The second-order valence-electron chi connectivity index (χ2n) is 10.3. The molecule has 0 saturated carbocycles. The number of ether oxygens (including phenoxy) is 2. The molecule has 0 aliphatic carbocycles. The molecule has 4 heterocycles. The molecule has 39 heavy (non-hydrogen) atoms. The standard InChI is InChI=1S/C29H44N8O2/c1(2-4-6-8-10-12-14-16-18-38-28-24-26(32-20-30-24)34-22-36-28)3-5-7-9-11-13-15-17-19-39-29-25-27(33-21-31-25)35-23-37-29/h20-23H,1-19H2,(H,30,32,34,36)(H,31,33,35,37). The van der Waals surface area contributed by atoms with E-state index in [0.717, 1.165) is 23.9 Å². The van der Waals surface area contributed by atoms with E-state index in [9.17, 15) is 0 Å². The second-order valence-corrected chi connectivity index (χ2v) is 10.3. The van der Waals surface area contributed by atoms with Crippen molar-refractivity contribution in [1.82, 2.24) is 39.9 Å². The van der Waals surface area contributed by atoms with Gasteiger partial charge in [0, 0.05) is 0 Å². The van der Waals surface area contributed by atoms with Crippen molar-refractivity contribution < 1.29 is 9.47 Å². The third-order valence-corrected chi connectivity index (χ3v) is 7.14. The fraction of sp³-hybridized carbons (Fsp3) is 0.655. The molecule has 4 rings (SSSR count). The molecule has 212 valence electrons. The first-order valence-corrected chi connectivity index (χ1v) is 15.0. The van der Waals surface area contributed by atoms with E-state index in [-0.39, 0.29) is 0 Å². The fourth-order valence-electron chi connectivity index (χ4n) is 4.90. The van der Waals surface area contributed by atoms with Crippen molar-refractivity contribution in [2.45, 2.75) is 109 Å². The molecule has 0 bridgehead atoms. The number of aromatic amines is 2. The maximum atomic E-state index is 5.80. The Morgan fingerprint density at radius 3 is 1.10 bits per heavy atom. The number of aromatic nitrogens is 8. The van der Waals surface area contributed by atoms with E-state index < -0.39 is 0 Å². The van der Waals surface area contributed by atoms with Gasteiger partial charge in [-0.1, -0.05) is 96.3 Å². The first kappa shape index (κ1) is 28.7. The summed E-state index contributed by atoms with van der Waals surface area (Å²) >= 11 is 0. The van der Waals surface area contributed by atoms with Gasteiger partial charge in [0.25, 0.3) is 0 Å². The summed E-state index contributed by atoms with van der Waals surface area (Å²) in [6, 6.07) is 0. The monoisotopic (exact) mass is 536 g/mol. The molecule has 4 aromatic rings. The number of hydrogen-bond donors (Lipinski definition) is 2. The lowest BCUT2D eigenvalue weighted by Crippen LogP contribution is -2.00. The molecule has 0 fully saturated rings. The summed E-state index contributed by atoms with van der Waals surface area (Å²) in [5.41, 5.74) is 2.87. The molecule has 0 aliphatic rings. The van der Waals surface area contributed by atoms with E-state index in [4.69, 9.17) is 9.47 Å². The number of imidazole rings is 2. The van der Waals surface area contributed by atoms with Gasteiger partial charge in [0.15, 0.2) is 11.3 Å². The van der Waals surface area contributed by atoms with Crippen molar-refractivity contribution in [3.05, 3.63) is 25.3 Å². The molecule has 0 spiro atoms. The zero-order valence-corrected chi connectivity index (χ0v) is 23.2. The van der Waals surface area contributed by atoms with E-state index in [1.165, 1.54) is 109 Å². The average molecular weight is 537 g/mol. The molecular weight excluding hydrogens is 492 g/mol. The normalized spacial score (nSPS) is 11.5. The summed E-state index contributed by atoms with van der Waals surface area (Å²) in [5.74, 6) is 1.21. The van der Waals surface area contributed by atoms with E-state index in [2.05, 4.69) is 39.9 Å². The maximum absolute atomic E-state index is 5.80. The molecule has 0 aliphatic heterocycles. The summed E-state index contributed by atoms with van der Waals surface area (Å²) in [6.07, 6.45) is 28.5. The number of nitrogens with one attached hydrogen (secondary N) is 2. The smallest absolute Gasteiger partial charge is 0.243 e. The molecule has 0 amide bonds. The van der Waals surface area contributed by atoms with Crippen LogP contribution < -0.4 is 9.47 Å². The van der Waals surface area contributed by atoms with Crippen LogP contribution in [-0.4, -0.2) is 53.1 Å². The Morgan fingerprint density at radius 1 is 0.410 bits per heavy atom. The lowest BCUT2D eigenvalue weighted by molar-refractivity contribution is 0.296. The van der Waals surface area contributed by atoms with Gasteiger partial charge in [-0.2, -0.15) is 9.97 Å². The summed E-state index contributed by atoms with van der Waals surface area (Å²) in [6.45, 7) is 1.39. The minimum absolute atomic E-state index is 0.604. The molecule has 10 heteroatoms. The minimum Gasteiger partial charge on any atom is -0.476 e. The molecule has 0 aromatic carbocycles. The Bertz CT molecular complexity index is 1100. The highest BCUT2D eigenvalue weighted by atomic mass is 16.5. The van der Waals surface area contributed by atoms with Gasteiger partial charge in [-0.05, 0) is 12.8 Å². The number of rotatable bonds is 22. The predicted octanol–water partition coefficient (Wildman–Crippen LogP) is 7.11. The van der Waals surface area contributed by atoms with Gasteiger partial charge in [-0.15, -0.1) is 0 Å². The molecule has 2 N–H and O–H groups in total. The maximum Gasteiger partial charge on any atom is 0.243 e. The van der Waals surface area contributed by atoms with Crippen molar-refractivity contribution in [3.8, 4) is 11.8 Å². The third-order valence-electron chi connectivity index (χ3n) is 7.14. The molecule has 0 unspecified atom stereocenters. The molecule has 10 nitrogen and oxygen atoms in total. The van der Waals surface area contributed by atoms with Crippen molar-refractivity contribution in [1.29, 1.82) is 0 Å². The summed E-state index contributed by atoms with van der Waals surface area (Å²) in [4.78, 5) is 31.0. The lowest BCUT2D eigenvalue weighted by Gasteiger charge is -2.06. The van der Waals surface area contributed by atoms with Gasteiger partial charge in [-0.3, -0.25) is 0 Å². The summed E-state index contributed by atoms with van der Waals surface area (Å²) < 4.78 is 11.6. The second kappa shape index (κ2) is 17.3. The zero-order valence-electron chi connectivity index (χ0n) is 23.2. The quantitative estimate of drug-likeness (QED) is 0.102. The van der Waals surface area contributed by atoms with Gasteiger partial charge in [0.1, 0.15) is 23.7 Å². The largest absolute Gasteiger partial charge is 0.476 e. The highest BCUT2D eigenvalue weighted by Gasteiger charge is 2.07. The van der Waals surface area contributed by atoms with Gasteiger partial charge >= 0.3 is 0 Å². The van der Waals surface area contributed by atoms with Crippen LogP contribution in [0.3, 0.4) is 0 Å². The van der Waals surface area contributed by atoms with Crippen LogP contribution in [0.1, 0.15) is 109 Å². The molecular formula is C29H44N8O2. The first-order valence-electron chi connectivity index (χ1n) is 15.0. The topological polar surface area (TPSA) is 127 Å². The summed E-state index contributed by atoms with van der Waals surface area (Å²) in [5, 5.41) is 0. The summed E-state index contributed by atoms with van der Waals surface area (Å²) in [7, 11) is 0. The van der Waals surface area contributed by atoms with Crippen molar-refractivity contribution in [3.63, 3.8) is 0 Å². The van der Waals surface area contributed by atoms with Crippen LogP contribution in [0, 0.1) is 0 Å². The number of H-pyrrole nitrogens is 2. The van der Waals surface area contributed by atoms with Crippen molar-refractivity contribution in [2.24, 2.45) is 0 Å². The lowest BCUT2D eigenvalue weighted by atomic mass is 10.0. The van der Waals surface area contributed by atoms with Crippen LogP contribution in [0.2, 0.25) is 0 Å². The first-order chi connectivity index (χ1) is 19.4. The van der Waals surface area contributed by atoms with Gasteiger partial charge in [0.2, 0.25) is 11.8 Å². The van der Waals surface area contributed by atoms with Crippen LogP contribution in [0.4, 0.5) is 0 Å². The van der Waals surface area contributed by atoms with E-state index in [1.807, 2.05) is 0 Å². The minimum atomic E-state index is 0.604. The highest BCUT2D eigenvalue weighted by Crippen LogP contribution is 2.19. The average Bonchev–Trinajstić information content (AvgIpc) is 3.64. The molecule has 0 saturated heterocycles. The Hall–Kier alpha value is -3.30. The number of hydrogen-bond acceptors (Lipinski definition) is 8. The van der Waals surface area contributed by atoms with Crippen LogP contribution in [-0.2, 0) is 0 Å². The molecule has 0 atom stereocenters. The van der Waals surface area contributed by atoms with Gasteiger partial charge in [0.05, 0.1) is 25.9 Å². The SMILES string of the molecule is c1nc(OCCCCCCCCCCCCCCCCCCCOc2ncnc3nc[nH]c23)c2[nH]cnc2n1. The number of fused-ring (bicyclic) bond motifs is 2. The molecule has 4 aromatic heterocycles. The Labute approximate surface area is 231 Å².